The molecule has 1 amide bonds. The van der Waals surface area contributed by atoms with E-state index in [-0.39, 0.29) is 16.3 Å². The van der Waals surface area contributed by atoms with Crippen molar-refractivity contribution in [2.75, 3.05) is 13.1 Å². The zero-order valence-corrected chi connectivity index (χ0v) is 21.7. The Labute approximate surface area is 210 Å². The fourth-order valence-corrected chi connectivity index (χ4v) is 5.37. The van der Waals surface area contributed by atoms with Gasteiger partial charge in [0.1, 0.15) is 5.82 Å². The molecule has 35 heavy (non-hydrogen) atoms. The fraction of sp³-hybridized carbons (Fsp3) is 0.320. The molecule has 0 saturated heterocycles. The first-order valence-electron chi connectivity index (χ1n) is 11.2. The monoisotopic (exact) mass is 516 g/mol. The van der Waals surface area contributed by atoms with Crippen LogP contribution >= 0.6 is 11.6 Å². The van der Waals surface area contributed by atoms with Gasteiger partial charge in [-0.25, -0.2) is 13.4 Å². The van der Waals surface area contributed by atoms with E-state index >= 15 is 0 Å². The van der Waals surface area contributed by atoms with Crippen LogP contribution in [0.2, 0.25) is 5.02 Å². The second-order valence-corrected chi connectivity index (χ2v) is 11.2. The van der Waals surface area contributed by atoms with E-state index in [0.717, 1.165) is 5.56 Å². The predicted octanol–water partition coefficient (Wildman–Crippen LogP) is 3.84. The van der Waals surface area contributed by atoms with Crippen LogP contribution in [0.4, 0.5) is 0 Å². The molecule has 0 bridgehead atoms. The number of primary amides is 1. The molecule has 2 aromatic carbocycles. The second kappa shape index (κ2) is 10.3. The molecule has 0 fully saturated rings. The molecule has 1 aromatic heterocycles. The molecule has 0 saturated carbocycles. The molecule has 8 nitrogen and oxygen atoms in total. The lowest BCUT2D eigenvalue weighted by Gasteiger charge is -2.20. The van der Waals surface area contributed by atoms with Crippen molar-refractivity contribution in [3.8, 4) is 22.6 Å². The molecule has 0 aliphatic rings. The summed E-state index contributed by atoms with van der Waals surface area (Å²) in [7, 11) is -3.60. The van der Waals surface area contributed by atoms with Crippen LogP contribution in [0.3, 0.4) is 0 Å². The van der Waals surface area contributed by atoms with Gasteiger partial charge in [0.05, 0.1) is 15.6 Å². The quantitative estimate of drug-likeness (QED) is 0.446. The highest BCUT2D eigenvalue weighted by Crippen LogP contribution is 2.30. The first-order valence-corrected chi connectivity index (χ1v) is 13.0. The number of hydrogen-bond acceptors (Lipinski definition) is 5. The lowest BCUT2D eigenvalue weighted by molar-refractivity contribution is -0.125. The number of nitrogens with zero attached hydrogens (tertiary/aromatic N) is 2. The van der Waals surface area contributed by atoms with Crippen LogP contribution in [-0.4, -0.2) is 41.7 Å². The molecule has 3 N–H and O–H groups in total. The van der Waals surface area contributed by atoms with Crippen LogP contribution in [0.25, 0.3) is 22.6 Å². The predicted molar refractivity (Wildman–Crippen MR) is 138 cm³/mol. The van der Waals surface area contributed by atoms with E-state index in [9.17, 15) is 18.0 Å². The van der Waals surface area contributed by atoms with Gasteiger partial charge < -0.3 is 10.7 Å². The number of nitrogens with one attached hydrogen (secondary N) is 1. The van der Waals surface area contributed by atoms with E-state index in [1.807, 2.05) is 0 Å². The molecule has 0 atom stereocenters. The smallest absolute Gasteiger partial charge is 0.251 e. The van der Waals surface area contributed by atoms with Gasteiger partial charge in [-0.3, -0.25) is 9.59 Å². The topological polar surface area (TPSA) is 126 Å². The minimum absolute atomic E-state index is 0.169. The molecule has 0 aliphatic carbocycles. The third kappa shape index (κ3) is 5.80. The molecule has 3 aromatic rings. The summed E-state index contributed by atoms with van der Waals surface area (Å²) in [6, 6.07) is 12.8. The number of hydrogen-bond donors (Lipinski definition) is 2. The molecule has 1 heterocycles. The van der Waals surface area contributed by atoms with Crippen molar-refractivity contribution < 1.29 is 13.2 Å². The maximum absolute atomic E-state index is 12.8. The first-order chi connectivity index (χ1) is 16.4. The molecule has 0 unspecified atom stereocenters. The highest BCUT2D eigenvalue weighted by Gasteiger charge is 2.26. The first kappa shape index (κ1) is 26.6. The van der Waals surface area contributed by atoms with Crippen molar-refractivity contribution >= 4 is 27.5 Å². The van der Waals surface area contributed by atoms with Crippen LogP contribution in [0, 0.1) is 5.41 Å². The van der Waals surface area contributed by atoms with E-state index in [1.165, 1.54) is 22.5 Å². The Morgan fingerprint density at radius 2 is 1.71 bits per heavy atom. The number of halogens is 1. The molecule has 0 spiro atoms. The standard InChI is InChI=1S/C25H29ClN4O4S/c1-5-30(6-2)35(33,34)18-10-8-17(9-11-18)21-14-22(31)29-23(28-21)19-13-16(7-12-20(19)26)15-25(3,4)24(27)32/h7-14H,5-6,15H2,1-4H3,(H2,27,32)(H,28,29,31). The van der Waals surface area contributed by atoms with Crippen molar-refractivity contribution in [3.63, 3.8) is 0 Å². The van der Waals surface area contributed by atoms with Crippen LogP contribution in [0.5, 0.6) is 0 Å². The third-order valence-electron chi connectivity index (χ3n) is 5.83. The summed E-state index contributed by atoms with van der Waals surface area (Å²) >= 11 is 6.42. The Morgan fingerprint density at radius 1 is 1.09 bits per heavy atom. The number of carbonyl (C=O) groups excluding carboxylic acids is 1. The van der Waals surface area contributed by atoms with Gasteiger partial charge in [-0.2, -0.15) is 4.31 Å². The Kier molecular flexibility index (Phi) is 7.83. The number of benzene rings is 2. The lowest BCUT2D eigenvalue weighted by atomic mass is 9.85. The minimum atomic E-state index is -3.60. The number of amides is 1. The summed E-state index contributed by atoms with van der Waals surface area (Å²) in [5.41, 5.74) is 6.62. The highest BCUT2D eigenvalue weighted by molar-refractivity contribution is 7.89. The van der Waals surface area contributed by atoms with Crippen molar-refractivity contribution in [3.05, 3.63) is 69.5 Å². The van der Waals surface area contributed by atoms with Gasteiger partial charge >= 0.3 is 0 Å². The molecule has 3 rings (SSSR count). The Bertz CT molecular complexity index is 1400. The normalized spacial score (nSPS) is 12.2. The maximum atomic E-state index is 12.8. The third-order valence-corrected chi connectivity index (χ3v) is 8.23. The number of carbonyl (C=O) groups is 1. The summed E-state index contributed by atoms with van der Waals surface area (Å²) in [5.74, 6) is -0.162. The van der Waals surface area contributed by atoms with E-state index in [4.69, 9.17) is 17.3 Å². The van der Waals surface area contributed by atoms with E-state index in [2.05, 4.69) is 9.97 Å². The fourth-order valence-electron chi connectivity index (χ4n) is 3.70. The zero-order valence-electron chi connectivity index (χ0n) is 20.1. The van der Waals surface area contributed by atoms with Gasteiger partial charge in [-0.15, -0.1) is 0 Å². The highest BCUT2D eigenvalue weighted by atomic mass is 35.5. The molecule has 0 aliphatic heterocycles. The van der Waals surface area contributed by atoms with Gasteiger partial charge in [0.15, 0.2) is 0 Å². The minimum Gasteiger partial charge on any atom is -0.369 e. The average molecular weight is 517 g/mol. The van der Waals surface area contributed by atoms with Gasteiger partial charge in [-0.1, -0.05) is 57.5 Å². The van der Waals surface area contributed by atoms with Crippen LogP contribution in [0.15, 0.2) is 58.2 Å². The van der Waals surface area contributed by atoms with Crippen molar-refractivity contribution in [2.45, 2.75) is 39.0 Å². The van der Waals surface area contributed by atoms with Gasteiger partial charge in [0.2, 0.25) is 15.9 Å². The summed E-state index contributed by atoms with van der Waals surface area (Å²) in [4.78, 5) is 31.7. The molecule has 10 heteroatoms. The Balaban J connectivity index is 2.01. The molecule has 186 valence electrons. The summed E-state index contributed by atoms with van der Waals surface area (Å²) in [6.45, 7) is 7.83. The SMILES string of the molecule is CCN(CC)S(=O)(=O)c1ccc(-c2cc(=O)[nH]c(-c3cc(CC(C)(C)C(N)=O)ccc3Cl)n2)cc1. The van der Waals surface area contributed by atoms with Crippen LogP contribution in [-0.2, 0) is 21.2 Å². The van der Waals surface area contributed by atoms with E-state index < -0.39 is 21.3 Å². The van der Waals surface area contributed by atoms with E-state index in [0.29, 0.717) is 41.4 Å². The summed E-state index contributed by atoms with van der Waals surface area (Å²) < 4.78 is 26.9. The van der Waals surface area contributed by atoms with Gasteiger partial charge in [0.25, 0.3) is 5.56 Å². The number of sulfonamides is 1. The lowest BCUT2D eigenvalue weighted by Crippen LogP contribution is -2.33. The summed E-state index contributed by atoms with van der Waals surface area (Å²) in [5, 5.41) is 0.381. The number of rotatable bonds is 9. The Morgan fingerprint density at radius 3 is 2.29 bits per heavy atom. The van der Waals surface area contributed by atoms with Gasteiger partial charge in [-0.05, 0) is 36.2 Å². The number of aromatic amines is 1. The second-order valence-electron chi connectivity index (χ2n) is 8.83. The maximum Gasteiger partial charge on any atom is 0.251 e. The number of H-pyrrole nitrogens is 1. The van der Waals surface area contributed by atoms with Crippen LogP contribution < -0.4 is 11.3 Å². The number of aromatic nitrogens is 2. The molecule has 0 radical (unpaired) electrons. The largest absolute Gasteiger partial charge is 0.369 e. The van der Waals surface area contributed by atoms with Crippen molar-refractivity contribution in [1.82, 2.24) is 14.3 Å². The average Bonchev–Trinajstić information content (AvgIpc) is 2.80. The molecular formula is C25H29ClN4O4S. The number of nitrogens with two attached hydrogens (primary N) is 1. The van der Waals surface area contributed by atoms with Crippen LogP contribution in [0.1, 0.15) is 33.3 Å². The van der Waals surface area contributed by atoms with E-state index in [1.54, 1.807) is 58.0 Å². The van der Waals surface area contributed by atoms with Gasteiger partial charge in [0, 0.05) is 35.7 Å². The van der Waals surface area contributed by atoms with Crippen molar-refractivity contribution in [2.24, 2.45) is 11.1 Å². The van der Waals surface area contributed by atoms with Crippen molar-refractivity contribution in [1.29, 1.82) is 0 Å². The molecular weight excluding hydrogens is 488 g/mol. The Hall–Kier alpha value is -3.01. The zero-order chi connectivity index (χ0) is 26.0. The summed E-state index contributed by atoms with van der Waals surface area (Å²) in [6.07, 6.45) is 0.388.